The summed E-state index contributed by atoms with van der Waals surface area (Å²) in [7, 11) is 0. The molecule has 2 amide bonds. The number of carboxylic acids is 1. The second-order valence-electron chi connectivity index (χ2n) is 6.48. The minimum absolute atomic E-state index is 0.0378. The predicted molar refractivity (Wildman–Crippen MR) is 76.5 cm³/mol. The van der Waals surface area contributed by atoms with Gasteiger partial charge in [0.05, 0.1) is 5.41 Å². The van der Waals surface area contributed by atoms with E-state index in [1.54, 1.807) is 4.90 Å². The van der Waals surface area contributed by atoms with Gasteiger partial charge >= 0.3 is 12.0 Å². The summed E-state index contributed by atoms with van der Waals surface area (Å²) in [5.41, 5.74) is -0.728. The topological polar surface area (TPSA) is 60.9 Å². The van der Waals surface area contributed by atoms with Crippen LogP contribution in [0.1, 0.15) is 46.0 Å². The highest BCUT2D eigenvalue weighted by molar-refractivity contribution is 5.79. The van der Waals surface area contributed by atoms with Crippen molar-refractivity contribution in [3.8, 4) is 0 Å². The number of nitrogens with zero attached hydrogens (tertiary/aromatic N) is 2. The molecule has 2 rings (SSSR count). The lowest BCUT2D eigenvalue weighted by atomic mass is 9.76. The van der Waals surface area contributed by atoms with Gasteiger partial charge in [-0.3, -0.25) is 4.79 Å². The Morgan fingerprint density at radius 2 is 2.05 bits per heavy atom. The third kappa shape index (κ3) is 2.91. The first-order valence-electron chi connectivity index (χ1n) is 7.76. The van der Waals surface area contributed by atoms with Crippen LogP contribution < -0.4 is 0 Å². The molecule has 2 aliphatic heterocycles. The van der Waals surface area contributed by atoms with Gasteiger partial charge in [0.25, 0.3) is 0 Å². The van der Waals surface area contributed by atoms with Gasteiger partial charge in [-0.2, -0.15) is 0 Å². The number of rotatable bonds is 3. The van der Waals surface area contributed by atoms with Crippen LogP contribution in [0.25, 0.3) is 0 Å². The number of carbonyl (C=O) groups is 2. The van der Waals surface area contributed by atoms with Crippen LogP contribution in [0.15, 0.2) is 0 Å². The van der Waals surface area contributed by atoms with E-state index in [2.05, 4.69) is 6.92 Å². The van der Waals surface area contributed by atoms with Crippen LogP contribution in [0, 0.1) is 11.3 Å². The Morgan fingerprint density at radius 3 is 2.60 bits per heavy atom. The zero-order valence-corrected chi connectivity index (χ0v) is 12.6. The van der Waals surface area contributed by atoms with Crippen molar-refractivity contribution in [1.29, 1.82) is 0 Å². The molecule has 114 valence electrons. The molecule has 0 spiro atoms. The Labute approximate surface area is 120 Å². The average Bonchev–Trinajstić information content (AvgIpc) is 2.85. The number of carbonyl (C=O) groups excluding carboxylic acids is 1. The largest absolute Gasteiger partial charge is 0.481 e. The number of urea groups is 1. The number of piperidine rings is 1. The summed E-state index contributed by atoms with van der Waals surface area (Å²) in [4.78, 5) is 27.8. The maximum atomic E-state index is 12.5. The Balaban J connectivity index is 2.05. The SMILES string of the molecule is CCCC1(C(=O)O)CCCN(C(=O)N2CCC(C)C2)C1. The van der Waals surface area contributed by atoms with E-state index >= 15 is 0 Å². The van der Waals surface area contributed by atoms with E-state index in [-0.39, 0.29) is 6.03 Å². The van der Waals surface area contributed by atoms with Crippen molar-refractivity contribution in [3.05, 3.63) is 0 Å². The molecular weight excluding hydrogens is 256 g/mol. The van der Waals surface area contributed by atoms with Gasteiger partial charge in [-0.15, -0.1) is 0 Å². The number of amides is 2. The van der Waals surface area contributed by atoms with E-state index in [0.717, 1.165) is 32.4 Å². The number of aliphatic carboxylic acids is 1. The molecule has 0 aromatic carbocycles. The Hall–Kier alpha value is -1.26. The molecule has 2 saturated heterocycles. The minimum atomic E-state index is -0.744. The van der Waals surface area contributed by atoms with Crippen molar-refractivity contribution in [2.24, 2.45) is 11.3 Å². The summed E-state index contributed by atoms with van der Waals surface area (Å²) in [6.45, 7) is 6.85. The van der Waals surface area contributed by atoms with Gasteiger partial charge in [-0.25, -0.2) is 4.79 Å². The fraction of sp³-hybridized carbons (Fsp3) is 0.867. The quantitative estimate of drug-likeness (QED) is 0.864. The standard InChI is InChI=1S/C15H26N2O3/c1-3-6-15(13(18)19)7-4-8-17(11-15)14(20)16-9-5-12(2)10-16/h12H,3-11H2,1-2H3,(H,18,19). The summed E-state index contributed by atoms with van der Waals surface area (Å²) >= 11 is 0. The Bertz CT molecular complexity index is 381. The highest BCUT2D eigenvalue weighted by atomic mass is 16.4. The second-order valence-corrected chi connectivity index (χ2v) is 6.48. The van der Waals surface area contributed by atoms with Gasteiger partial charge in [0.15, 0.2) is 0 Å². The number of hydrogen-bond donors (Lipinski definition) is 1. The monoisotopic (exact) mass is 282 g/mol. The highest BCUT2D eigenvalue weighted by Crippen LogP contribution is 2.35. The van der Waals surface area contributed by atoms with Crippen LogP contribution in [0.5, 0.6) is 0 Å². The van der Waals surface area contributed by atoms with Gasteiger partial charge in [0.2, 0.25) is 0 Å². The van der Waals surface area contributed by atoms with Gasteiger partial charge in [-0.1, -0.05) is 20.3 Å². The van der Waals surface area contributed by atoms with Crippen molar-refractivity contribution in [1.82, 2.24) is 9.80 Å². The molecule has 2 heterocycles. The van der Waals surface area contributed by atoms with E-state index in [4.69, 9.17) is 0 Å². The van der Waals surface area contributed by atoms with E-state index in [1.807, 2.05) is 11.8 Å². The molecule has 0 aliphatic carbocycles. The van der Waals surface area contributed by atoms with Crippen molar-refractivity contribution in [2.45, 2.75) is 46.0 Å². The lowest BCUT2D eigenvalue weighted by molar-refractivity contribution is -0.152. The van der Waals surface area contributed by atoms with Gasteiger partial charge in [0, 0.05) is 26.2 Å². The van der Waals surface area contributed by atoms with Gasteiger partial charge in [0.1, 0.15) is 0 Å². The van der Waals surface area contributed by atoms with E-state index in [0.29, 0.717) is 31.8 Å². The van der Waals surface area contributed by atoms with E-state index in [1.165, 1.54) is 0 Å². The van der Waals surface area contributed by atoms with Gasteiger partial charge < -0.3 is 14.9 Å². The normalized spacial score (nSPS) is 30.6. The zero-order valence-electron chi connectivity index (χ0n) is 12.6. The van der Waals surface area contributed by atoms with Crippen LogP contribution in [-0.4, -0.2) is 53.1 Å². The van der Waals surface area contributed by atoms with E-state index in [9.17, 15) is 14.7 Å². The van der Waals surface area contributed by atoms with Crippen LogP contribution >= 0.6 is 0 Å². The molecule has 5 heteroatoms. The molecule has 20 heavy (non-hydrogen) atoms. The van der Waals surface area contributed by atoms with Crippen molar-refractivity contribution in [2.75, 3.05) is 26.2 Å². The average molecular weight is 282 g/mol. The summed E-state index contributed by atoms with van der Waals surface area (Å²) < 4.78 is 0. The van der Waals surface area contributed by atoms with Crippen LogP contribution in [-0.2, 0) is 4.79 Å². The number of hydrogen-bond acceptors (Lipinski definition) is 2. The molecule has 0 aromatic heterocycles. The maximum Gasteiger partial charge on any atom is 0.320 e. The third-order valence-corrected chi connectivity index (χ3v) is 4.72. The first-order valence-corrected chi connectivity index (χ1v) is 7.76. The zero-order chi connectivity index (χ0) is 14.8. The lowest BCUT2D eigenvalue weighted by Crippen LogP contribution is -2.53. The maximum absolute atomic E-state index is 12.5. The van der Waals surface area contributed by atoms with Crippen molar-refractivity contribution >= 4 is 12.0 Å². The lowest BCUT2D eigenvalue weighted by Gasteiger charge is -2.41. The fourth-order valence-corrected chi connectivity index (χ4v) is 3.57. The number of likely N-dealkylation sites (tertiary alicyclic amines) is 2. The van der Waals surface area contributed by atoms with Crippen LogP contribution in [0.4, 0.5) is 4.79 Å². The molecule has 0 radical (unpaired) electrons. The Morgan fingerprint density at radius 1 is 1.30 bits per heavy atom. The molecule has 2 atom stereocenters. The Kier molecular flexibility index (Phi) is 4.55. The molecule has 0 bridgehead atoms. The molecule has 2 fully saturated rings. The van der Waals surface area contributed by atoms with Crippen molar-refractivity contribution < 1.29 is 14.7 Å². The number of carboxylic acid groups (broad SMARTS) is 1. The molecule has 2 aliphatic rings. The summed E-state index contributed by atoms with van der Waals surface area (Å²) in [6, 6.07) is 0.0378. The minimum Gasteiger partial charge on any atom is -0.481 e. The molecule has 1 N–H and O–H groups in total. The summed E-state index contributed by atoms with van der Waals surface area (Å²) in [5.74, 6) is -0.185. The molecule has 0 aromatic rings. The predicted octanol–water partition coefficient (Wildman–Crippen LogP) is 2.42. The first-order chi connectivity index (χ1) is 9.48. The van der Waals surface area contributed by atoms with Gasteiger partial charge in [-0.05, 0) is 31.6 Å². The summed E-state index contributed by atoms with van der Waals surface area (Å²) in [6.07, 6.45) is 4.04. The van der Waals surface area contributed by atoms with Crippen LogP contribution in [0.3, 0.4) is 0 Å². The third-order valence-electron chi connectivity index (χ3n) is 4.72. The summed E-state index contributed by atoms with van der Waals surface area (Å²) in [5, 5.41) is 9.58. The second kappa shape index (κ2) is 6.02. The van der Waals surface area contributed by atoms with Crippen LogP contribution in [0.2, 0.25) is 0 Å². The molecule has 2 unspecified atom stereocenters. The molecule has 0 saturated carbocycles. The van der Waals surface area contributed by atoms with Crippen molar-refractivity contribution in [3.63, 3.8) is 0 Å². The highest BCUT2D eigenvalue weighted by Gasteiger charge is 2.43. The smallest absolute Gasteiger partial charge is 0.320 e. The van der Waals surface area contributed by atoms with E-state index < -0.39 is 11.4 Å². The fourth-order valence-electron chi connectivity index (χ4n) is 3.57. The molecular formula is C15H26N2O3. The molecule has 5 nitrogen and oxygen atoms in total. The first kappa shape index (κ1) is 15.1.